The molecular formula is C25H32F3N3O4S. The normalized spacial score (nSPS) is 28.5. The lowest BCUT2D eigenvalue weighted by atomic mass is 9.81. The molecule has 36 heavy (non-hydrogen) atoms. The van der Waals surface area contributed by atoms with Crippen LogP contribution in [-0.4, -0.2) is 51.1 Å². The number of aromatic nitrogens is 2. The standard InChI is InChI=1S/C25H32F3N3O4S/c1-15-8-24(20-18(4-7-34-24)19(14-32)21(36-20)25(26,27)28)5-6-30(15)11-16-10-29-31(12-16)13-17-9-23(2,3)22(33)35-17/h10,12,15,17,32H,4-9,11,13-14H2,1-3H3/t15-,17?,24+/m0/s1. The lowest BCUT2D eigenvalue weighted by molar-refractivity contribution is -0.147. The number of carbonyl (C=O) groups is 1. The molecule has 0 aliphatic carbocycles. The van der Waals surface area contributed by atoms with Crippen molar-refractivity contribution in [2.24, 2.45) is 5.41 Å². The van der Waals surface area contributed by atoms with Crippen molar-refractivity contribution in [3.05, 3.63) is 38.8 Å². The number of aliphatic hydroxyl groups is 1. The van der Waals surface area contributed by atoms with Crippen LogP contribution in [0.3, 0.4) is 0 Å². The van der Waals surface area contributed by atoms with Crippen LogP contribution in [0.4, 0.5) is 13.2 Å². The molecule has 1 spiro atoms. The summed E-state index contributed by atoms with van der Waals surface area (Å²) < 4.78 is 54.5. The molecule has 2 saturated heterocycles. The van der Waals surface area contributed by atoms with E-state index in [9.17, 15) is 23.1 Å². The maximum absolute atomic E-state index is 13.7. The van der Waals surface area contributed by atoms with Crippen molar-refractivity contribution in [1.29, 1.82) is 0 Å². The Bertz CT molecular complexity index is 1140. The zero-order chi connectivity index (χ0) is 25.9. The third kappa shape index (κ3) is 4.59. The first-order valence-corrected chi connectivity index (χ1v) is 13.2. The topological polar surface area (TPSA) is 76.8 Å². The number of piperidine rings is 1. The van der Waals surface area contributed by atoms with Gasteiger partial charge in [-0.15, -0.1) is 11.3 Å². The van der Waals surface area contributed by atoms with Gasteiger partial charge in [0.05, 0.1) is 31.4 Å². The third-order valence-electron chi connectivity index (χ3n) is 7.76. The van der Waals surface area contributed by atoms with Crippen LogP contribution in [0.15, 0.2) is 12.4 Å². The highest BCUT2D eigenvalue weighted by atomic mass is 32.1. The average Bonchev–Trinajstić information content (AvgIpc) is 3.46. The Kier molecular flexibility index (Phi) is 6.50. The quantitative estimate of drug-likeness (QED) is 0.586. The molecule has 7 nitrogen and oxygen atoms in total. The van der Waals surface area contributed by atoms with Crippen molar-refractivity contribution in [3.8, 4) is 0 Å². The number of ether oxygens (including phenoxy) is 2. The van der Waals surface area contributed by atoms with Gasteiger partial charge in [0.15, 0.2) is 0 Å². The van der Waals surface area contributed by atoms with Gasteiger partial charge in [0.2, 0.25) is 0 Å². The van der Waals surface area contributed by atoms with E-state index >= 15 is 0 Å². The molecule has 0 aromatic carbocycles. The number of thiophene rings is 1. The van der Waals surface area contributed by atoms with E-state index in [1.165, 1.54) is 0 Å². The minimum Gasteiger partial charge on any atom is -0.460 e. The van der Waals surface area contributed by atoms with E-state index in [0.717, 1.165) is 16.9 Å². The SMILES string of the molecule is C[C@H]1C[C@@]2(CCN1Cc1cnn(CC3CC(C)(C)C(=O)O3)c1)OCCc1c2sc(C(F)(F)F)c1CO. The number of aliphatic hydroxyl groups excluding tert-OH is 1. The van der Waals surface area contributed by atoms with Crippen LogP contribution < -0.4 is 0 Å². The minimum atomic E-state index is -4.49. The lowest BCUT2D eigenvalue weighted by Crippen LogP contribution is -2.50. The van der Waals surface area contributed by atoms with Crippen LogP contribution in [0.2, 0.25) is 0 Å². The number of rotatable bonds is 5. The maximum atomic E-state index is 13.7. The molecular weight excluding hydrogens is 495 g/mol. The number of carbonyl (C=O) groups excluding carboxylic acids is 1. The van der Waals surface area contributed by atoms with E-state index in [4.69, 9.17) is 9.47 Å². The Morgan fingerprint density at radius 1 is 1.31 bits per heavy atom. The zero-order valence-corrected chi connectivity index (χ0v) is 21.5. The van der Waals surface area contributed by atoms with Gasteiger partial charge < -0.3 is 14.6 Å². The molecule has 5 heterocycles. The number of esters is 1. The van der Waals surface area contributed by atoms with Gasteiger partial charge >= 0.3 is 12.1 Å². The molecule has 1 unspecified atom stereocenters. The highest BCUT2D eigenvalue weighted by Crippen LogP contribution is 2.51. The molecule has 3 atom stereocenters. The highest BCUT2D eigenvalue weighted by molar-refractivity contribution is 7.12. The molecule has 0 radical (unpaired) electrons. The van der Waals surface area contributed by atoms with Crippen LogP contribution in [0.25, 0.3) is 0 Å². The summed E-state index contributed by atoms with van der Waals surface area (Å²) in [6.45, 7) is 7.45. The Morgan fingerprint density at radius 3 is 2.72 bits per heavy atom. The van der Waals surface area contributed by atoms with Gasteiger partial charge in [-0.25, -0.2) is 0 Å². The molecule has 198 valence electrons. The fourth-order valence-corrected chi connectivity index (χ4v) is 7.31. The number of fused-ring (bicyclic) bond motifs is 2. The molecule has 0 amide bonds. The second-order valence-electron chi connectivity index (χ2n) is 10.9. The van der Waals surface area contributed by atoms with Gasteiger partial charge in [-0.3, -0.25) is 14.4 Å². The van der Waals surface area contributed by atoms with Crippen LogP contribution in [0.5, 0.6) is 0 Å². The Labute approximate surface area is 212 Å². The van der Waals surface area contributed by atoms with Gasteiger partial charge in [-0.1, -0.05) is 0 Å². The van der Waals surface area contributed by atoms with Crippen molar-refractivity contribution >= 4 is 17.3 Å². The zero-order valence-electron chi connectivity index (χ0n) is 20.7. The van der Waals surface area contributed by atoms with Crippen LogP contribution >= 0.6 is 11.3 Å². The van der Waals surface area contributed by atoms with E-state index in [2.05, 4.69) is 16.9 Å². The molecule has 2 fully saturated rings. The number of cyclic esters (lactones) is 1. The second-order valence-corrected chi connectivity index (χ2v) is 11.9. The number of hydrogen-bond donors (Lipinski definition) is 1. The molecule has 2 aromatic rings. The van der Waals surface area contributed by atoms with E-state index < -0.39 is 28.7 Å². The Hall–Kier alpha value is -1.95. The summed E-state index contributed by atoms with van der Waals surface area (Å²) in [7, 11) is 0. The van der Waals surface area contributed by atoms with Gasteiger partial charge in [0, 0.05) is 47.8 Å². The predicted octanol–water partition coefficient (Wildman–Crippen LogP) is 4.25. The molecule has 3 aliphatic heterocycles. The van der Waals surface area contributed by atoms with Crippen molar-refractivity contribution in [2.75, 3.05) is 13.2 Å². The largest absolute Gasteiger partial charge is 0.460 e. The minimum absolute atomic E-state index is 0.0176. The number of likely N-dealkylation sites (tertiary alicyclic amines) is 1. The van der Waals surface area contributed by atoms with E-state index in [1.54, 1.807) is 0 Å². The van der Waals surface area contributed by atoms with Crippen LogP contribution in [0.1, 0.15) is 66.5 Å². The summed E-state index contributed by atoms with van der Waals surface area (Å²) in [5.41, 5.74) is 0.458. The number of hydrogen-bond acceptors (Lipinski definition) is 7. The Morgan fingerprint density at radius 2 is 2.08 bits per heavy atom. The number of alkyl halides is 3. The molecule has 5 rings (SSSR count). The van der Waals surface area contributed by atoms with Crippen molar-refractivity contribution in [1.82, 2.24) is 14.7 Å². The van der Waals surface area contributed by atoms with Crippen molar-refractivity contribution in [2.45, 2.75) is 90.1 Å². The third-order valence-corrected chi connectivity index (χ3v) is 9.26. The lowest BCUT2D eigenvalue weighted by Gasteiger charge is -2.47. The highest BCUT2D eigenvalue weighted by Gasteiger charge is 2.48. The maximum Gasteiger partial charge on any atom is 0.425 e. The molecule has 3 aliphatic rings. The van der Waals surface area contributed by atoms with Crippen molar-refractivity contribution in [3.63, 3.8) is 0 Å². The van der Waals surface area contributed by atoms with Crippen LogP contribution in [-0.2, 0) is 52.2 Å². The first-order valence-electron chi connectivity index (χ1n) is 12.4. The van der Waals surface area contributed by atoms with E-state index in [-0.39, 0.29) is 23.7 Å². The van der Waals surface area contributed by atoms with Crippen molar-refractivity contribution < 1.29 is 32.5 Å². The number of nitrogens with zero attached hydrogens (tertiary/aromatic N) is 3. The summed E-state index contributed by atoms with van der Waals surface area (Å²) in [5.74, 6) is -0.178. The molecule has 0 bridgehead atoms. The summed E-state index contributed by atoms with van der Waals surface area (Å²) >= 11 is 0.747. The smallest absolute Gasteiger partial charge is 0.425 e. The van der Waals surface area contributed by atoms with Gasteiger partial charge in [0.1, 0.15) is 16.6 Å². The first kappa shape index (κ1) is 25.7. The second kappa shape index (κ2) is 9.11. The molecule has 11 heteroatoms. The van der Waals surface area contributed by atoms with E-state index in [1.807, 2.05) is 30.9 Å². The summed E-state index contributed by atoms with van der Waals surface area (Å²) in [5, 5.41) is 14.2. The summed E-state index contributed by atoms with van der Waals surface area (Å²) in [6, 6.07) is 0.0821. The molecule has 1 N–H and O–H groups in total. The summed E-state index contributed by atoms with van der Waals surface area (Å²) in [6.07, 6.45) is 1.33. The fraction of sp³-hybridized carbons (Fsp3) is 0.680. The number of halogens is 3. The summed E-state index contributed by atoms with van der Waals surface area (Å²) in [4.78, 5) is 14.2. The molecule has 2 aromatic heterocycles. The van der Waals surface area contributed by atoms with Gasteiger partial charge in [0.25, 0.3) is 0 Å². The monoisotopic (exact) mass is 527 g/mol. The van der Waals surface area contributed by atoms with E-state index in [0.29, 0.717) is 62.4 Å². The van der Waals surface area contributed by atoms with Crippen LogP contribution in [0, 0.1) is 5.41 Å². The first-order chi connectivity index (χ1) is 16.9. The van der Waals surface area contributed by atoms with Gasteiger partial charge in [-0.05, 0) is 45.6 Å². The fourth-order valence-electron chi connectivity index (χ4n) is 5.91. The Balaban J connectivity index is 1.27. The predicted molar refractivity (Wildman–Crippen MR) is 126 cm³/mol. The van der Waals surface area contributed by atoms with Gasteiger partial charge in [-0.2, -0.15) is 18.3 Å². The average molecular weight is 528 g/mol. The molecule has 0 saturated carbocycles.